The summed E-state index contributed by atoms with van der Waals surface area (Å²) in [6.45, 7) is 0. The van der Waals surface area contributed by atoms with Crippen molar-refractivity contribution < 1.29 is 4.74 Å². The second-order valence-electron chi connectivity index (χ2n) is 7.10. The Hall–Kier alpha value is -3.95. The van der Waals surface area contributed by atoms with Crippen molar-refractivity contribution in [2.24, 2.45) is 0 Å². The minimum atomic E-state index is -0.438. The monoisotopic (exact) mass is 423 g/mol. The van der Waals surface area contributed by atoms with Crippen LogP contribution in [0.5, 0.6) is 11.6 Å². The van der Waals surface area contributed by atoms with Crippen molar-refractivity contribution in [2.45, 2.75) is 15.0 Å². The summed E-state index contributed by atoms with van der Waals surface area (Å²) in [5, 5.41) is 9.49. The molecule has 1 atom stereocenters. The molecule has 0 aliphatic carbocycles. The van der Waals surface area contributed by atoms with Crippen LogP contribution in [0.25, 0.3) is 0 Å². The Labute approximate surface area is 183 Å². The predicted molar refractivity (Wildman–Crippen MR) is 123 cm³/mol. The molecule has 3 aromatic carbocycles. The Kier molecular flexibility index (Phi) is 4.73. The number of hydrogen-bond donors (Lipinski definition) is 2. The number of nitrogens with two attached hydrogens (primary N) is 2. The van der Waals surface area contributed by atoms with Crippen LogP contribution in [0, 0.1) is 11.3 Å². The molecule has 0 saturated heterocycles. The van der Waals surface area contributed by atoms with Crippen LogP contribution in [0.4, 0.5) is 11.5 Å². The average Bonchev–Trinajstić information content (AvgIpc) is 2.80. The molecular weight excluding hydrogens is 404 g/mol. The summed E-state index contributed by atoms with van der Waals surface area (Å²) in [5.74, 6) is 1.17. The van der Waals surface area contributed by atoms with Crippen LogP contribution in [0.3, 0.4) is 0 Å². The van der Waals surface area contributed by atoms with Crippen LogP contribution in [0.15, 0.2) is 94.7 Å². The van der Waals surface area contributed by atoms with E-state index in [0.29, 0.717) is 17.1 Å². The van der Waals surface area contributed by atoms with Gasteiger partial charge in [0, 0.05) is 0 Å². The number of pyridine rings is 1. The lowest BCUT2D eigenvalue weighted by Gasteiger charge is -2.28. The van der Waals surface area contributed by atoms with Crippen molar-refractivity contribution in [1.29, 1.82) is 5.26 Å². The number of para-hydroxylation sites is 1. The smallest absolute Gasteiger partial charge is 0.232 e. The first kappa shape index (κ1) is 19.0. The van der Waals surface area contributed by atoms with E-state index in [1.165, 1.54) is 0 Å². The van der Waals surface area contributed by atoms with Crippen LogP contribution < -0.4 is 16.2 Å². The third kappa shape index (κ3) is 3.16. The molecule has 0 radical (unpaired) electrons. The Morgan fingerprint density at radius 2 is 1.42 bits per heavy atom. The molecule has 1 aliphatic rings. The summed E-state index contributed by atoms with van der Waals surface area (Å²) in [4.78, 5) is 6.75. The summed E-state index contributed by atoms with van der Waals surface area (Å²) >= 11 is 0. The van der Waals surface area contributed by atoms with Gasteiger partial charge in [-0.25, -0.2) is 0 Å². The van der Waals surface area contributed by atoms with Gasteiger partial charge in [-0.15, -0.1) is 0 Å². The van der Waals surface area contributed by atoms with E-state index in [-0.39, 0.29) is 16.6 Å². The molecule has 1 aliphatic heterocycles. The van der Waals surface area contributed by atoms with Crippen LogP contribution in [0.1, 0.15) is 21.9 Å². The summed E-state index contributed by atoms with van der Waals surface area (Å²) in [5.41, 5.74) is 14.8. The number of ether oxygens (including phenoxy) is 1. The largest absolute Gasteiger partial charge is 0.438 e. The third-order valence-electron chi connectivity index (χ3n) is 5.28. The molecule has 5 nitrogen and oxygen atoms in total. The highest BCUT2D eigenvalue weighted by Gasteiger charge is 2.46. The summed E-state index contributed by atoms with van der Waals surface area (Å²) in [6.07, 6.45) is 0. The number of rotatable bonds is 3. The molecule has 31 heavy (non-hydrogen) atoms. The third-order valence-corrected chi connectivity index (χ3v) is 7.80. The maximum Gasteiger partial charge on any atom is 0.232 e. The van der Waals surface area contributed by atoms with E-state index in [1.54, 1.807) is 0 Å². The Balaban J connectivity index is 1.84. The standard InChI is InChI=1S/C25H19N4OS/c26-15-19-22(27)21-23(18-13-7-8-14-20(18)30-25(21)29-24(19)28)31(16-9-3-1-4-10-16)17-11-5-2-6-12-17/h1-14,23H,(H4,27,28,29)/q+1. The van der Waals surface area contributed by atoms with E-state index in [1.807, 2.05) is 54.6 Å². The second-order valence-corrected chi connectivity index (χ2v) is 9.19. The van der Waals surface area contributed by atoms with Gasteiger partial charge in [-0.1, -0.05) is 48.5 Å². The second kappa shape index (κ2) is 7.71. The topological polar surface area (TPSA) is 98.0 Å². The minimum absolute atomic E-state index is 0.0798. The lowest BCUT2D eigenvalue weighted by Crippen LogP contribution is -2.23. The lowest BCUT2D eigenvalue weighted by molar-refractivity contribution is 0.440. The van der Waals surface area contributed by atoms with Gasteiger partial charge in [-0.2, -0.15) is 10.2 Å². The summed E-state index contributed by atoms with van der Waals surface area (Å²) < 4.78 is 6.11. The van der Waals surface area contributed by atoms with Gasteiger partial charge in [-0.3, -0.25) is 0 Å². The normalized spacial score (nSPS) is 14.3. The van der Waals surface area contributed by atoms with Crippen LogP contribution in [0.2, 0.25) is 0 Å². The molecule has 150 valence electrons. The minimum Gasteiger partial charge on any atom is -0.438 e. The number of nitrogen functional groups attached to an aromatic ring is 2. The van der Waals surface area contributed by atoms with E-state index in [2.05, 4.69) is 41.4 Å². The highest BCUT2D eigenvalue weighted by molar-refractivity contribution is 7.97. The molecule has 1 aromatic heterocycles. The molecule has 0 bridgehead atoms. The Morgan fingerprint density at radius 1 is 0.839 bits per heavy atom. The molecule has 4 aromatic rings. The van der Waals surface area contributed by atoms with E-state index in [4.69, 9.17) is 16.2 Å². The first-order chi connectivity index (χ1) is 15.2. The molecular formula is C25H19N4OS+. The van der Waals surface area contributed by atoms with Crippen molar-refractivity contribution in [2.75, 3.05) is 11.5 Å². The van der Waals surface area contributed by atoms with Crippen LogP contribution in [-0.2, 0) is 10.9 Å². The van der Waals surface area contributed by atoms with Crippen molar-refractivity contribution in [3.8, 4) is 17.7 Å². The first-order valence-electron chi connectivity index (χ1n) is 9.78. The quantitative estimate of drug-likeness (QED) is 0.449. The fraction of sp³-hybridized carbons (Fsp3) is 0.0400. The van der Waals surface area contributed by atoms with Gasteiger partial charge in [0.2, 0.25) is 5.88 Å². The highest BCUT2D eigenvalue weighted by atomic mass is 32.2. The molecule has 2 heterocycles. The van der Waals surface area contributed by atoms with Gasteiger partial charge in [0.15, 0.2) is 15.0 Å². The zero-order valence-electron chi connectivity index (χ0n) is 16.5. The number of benzene rings is 3. The predicted octanol–water partition coefficient (Wildman–Crippen LogP) is 5.05. The molecule has 6 heteroatoms. The number of nitrogens with zero attached hydrogens (tertiary/aromatic N) is 2. The SMILES string of the molecule is N#Cc1c(N)nc2c(c1N)C([S+](c1ccccc1)c1ccccc1)c1ccccc1O2. The van der Waals surface area contributed by atoms with Gasteiger partial charge in [0.1, 0.15) is 23.2 Å². The molecule has 4 N–H and O–H groups in total. The van der Waals surface area contributed by atoms with Crippen LogP contribution >= 0.6 is 0 Å². The Morgan fingerprint density at radius 3 is 2.03 bits per heavy atom. The van der Waals surface area contributed by atoms with Gasteiger partial charge < -0.3 is 16.2 Å². The van der Waals surface area contributed by atoms with Crippen molar-refractivity contribution >= 4 is 22.4 Å². The molecule has 0 saturated carbocycles. The Bertz CT molecular complexity index is 1260. The van der Waals surface area contributed by atoms with E-state index >= 15 is 0 Å². The number of fused-ring (bicyclic) bond motifs is 2. The maximum atomic E-state index is 9.67. The maximum absolute atomic E-state index is 9.67. The number of aromatic nitrogens is 1. The molecule has 0 fully saturated rings. The fourth-order valence-corrected chi connectivity index (χ4v) is 6.53. The fourth-order valence-electron chi connectivity index (χ4n) is 3.90. The van der Waals surface area contributed by atoms with Crippen molar-refractivity contribution in [1.82, 2.24) is 4.98 Å². The zero-order chi connectivity index (χ0) is 21.4. The van der Waals surface area contributed by atoms with E-state index in [0.717, 1.165) is 21.1 Å². The van der Waals surface area contributed by atoms with Crippen LogP contribution in [-0.4, -0.2) is 4.98 Å². The number of anilines is 2. The van der Waals surface area contributed by atoms with Gasteiger partial charge in [-0.05, 0) is 36.4 Å². The number of hydrogen-bond acceptors (Lipinski definition) is 5. The first-order valence-corrected chi connectivity index (χ1v) is 11.1. The van der Waals surface area contributed by atoms with Gasteiger partial charge in [0.25, 0.3) is 0 Å². The molecule has 5 rings (SSSR count). The van der Waals surface area contributed by atoms with Gasteiger partial charge in [0.05, 0.1) is 27.7 Å². The molecule has 0 amide bonds. The number of nitriles is 1. The lowest BCUT2D eigenvalue weighted by atomic mass is 9.98. The average molecular weight is 424 g/mol. The molecule has 0 spiro atoms. The highest BCUT2D eigenvalue weighted by Crippen LogP contribution is 2.53. The summed E-state index contributed by atoms with van der Waals surface area (Å²) in [7, 11) is -0.438. The van der Waals surface area contributed by atoms with E-state index < -0.39 is 10.9 Å². The van der Waals surface area contributed by atoms with Crippen molar-refractivity contribution in [3.05, 3.63) is 102 Å². The zero-order valence-corrected chi connectivity index (χ0v) is 17.3. The summed E-state index contributed by atoms with van der Waals surface area (Å²) in [6, 6.07) is 30.7. The molecule has 1 unspecified atom stereocenters. The van der Waals surface area contributed by atoms with E-state index in [9.17, 15) is 5.26 Å². The van der Waals surface area contributed by atoms with Crippen molar-refractivity contribution in [3.63, 3.8) is 0 Å². The van der Waals surface area contributed by atoms with Gasteiger partial charge >= 0.3 is 0 Å².